The van der Waals surface area contributed by atoms with Crippen LogP contribution >= 0.6 is 11.8 Å². The van der Waals surface area contributed by atoms with Crippen LogP contribution in [0, 0.1) is 0 Å². The zero-order valence-electron chi connectivity index (χ0n) is 10.8. The van der Waals surface area contributed by atoms with Crippen LogP contribution in [0.3, 0.4) is 0 Å². The number of hydrogen-bond donors (Lipinski definition) is 1. The number of rotatable bonds is 6. The highest BCUT2D eigenvalue weighted by atomic mass is 32.2. The molecule has 0 aliphatic heterocycles. The van der Waals surface area contributed by atoms with Crippen molar-refractivity contribution in [3.8, 4) is 5.75 Å². The number of carboxylic acid groups (broad SMARTS) is 1. The molecule has 0 atom stereocenters. The van der Waals surface area contributed by atoms with Crippen LogP contribution in [0.4, 0.5) is 0 Å². The lowest BCUT2D eigenvalue weighted by Gasteiger charge is -2.11. The van der Waals surface area contributed by atoms with Gasteiger partial charge in [0.25, 0.3) is 0 Å². The lowest BCUT2D eigenvalue weighted by atomic mass is 10.0. The Bertz CT molecular complexity index is 581. The monoisotopic (exact) mass is 276 g/mol. The topological polar surface area (TPSA) is 46.5 Å². The second kappa shape index (κ2) is 6.48. The summed E-state index contributed by atoms with van der Waals surface area (Å²) in [5.74, 6) is 1.40. The van der Waals surface area contributed by atoms with Crippen molar-refractivity contribution in [2.75, 3.05) is 18.1 Å². The Labute approximate surface area is 116 Å². The van der Waals surface area contributed by atoms with Crippen molar-refractivity contribution < 1.29 is 14.6 Å². The summed E-state index contributed by atoms with van der Waals surface area (Å²) < 4.78 is 5.61. The molecule has 2 aromatic carbocycles. The summed E-state index contributed by atoms with van der Waals surface area (Å²) in [5.41, 5.74) is 0.250. The van der Waals surface area contributed by atoms with Gasteiger partial charge in [0.05, 0.1) is 6.61 Å². The highest BCUT2D eigenvalue weighted by Crippen LogP contribution is 2.28. The van der Waals surface area contributed by atoms with Gasteiger partial charge in [0, 0.05) is 5.75 Å². The van der Waals surface area contributed by atoms with Crippen LogP contribution in [0.1, 0.15) is 17.3 Å². The van der Waals surface area contributed by atoms with Crippen molar-refractivity contribution in [3.63, 3.8) is 0 Å². The van der Waals surface area contributed by atoms with Gasteiger partial charge in [-0.05, 0) is 22.6 Å². The van der Waals surface area contributed by atoms with Gasteiger partial charge in [-0.1, -0.05) is 37.3 Å². The molecule has 19 heavy (non-hydrogen) atoms. The predicted molar refractivity (Wildman–Crippen MR) is 79.4 cm³/mol. The molecule has 2 aromatic rings. The zero-order chi connectivity index (χ0) is 13.7. The number of fused-ring (bicyclic) bond motifs is 1. The lowest BCUT2D eigenvalue weighted by molar-refractivity contribution is 0.0695. The summed E-state index contributed by atoms with van der Waals surface area (Å²) in [6, 6.07) is 11.1. The molecule has 0 spiro atoms. The van der Waals surface area contributed by atoms with Gasteiger partial charge in [-0.2, -0.15) is 11.8 Å². The summed E-state index contributed by atoms with van der Waals surface area (Å²) in [6.45, 7) is 2.61. The zero-order valence-corrected chi connectivity index (χ0v) is 11.6. The molecule has 0 fully saturated rings. The van der Waals surface area contributed by atoms with E-state index in [2.05, 4.69) is 6.92 Å². The molecular formula is C15H16O3S. The Hall–Kier alpha value is -1.68. The fourth-order valence-corrected chi connectivity index (χ4v) is 2.44. The maximum atomic E-state index is 11.4. The summed E-state index contributed by atoms with van der Waals surface area (Å²) in [6.07, 6.45) is 0. The van der Waals surface area contributed by atoms with Gasteiger partial charge in [-0.3, -0.25) is 0 Å². The van der Waals surface area contributed by atoms with E-state index < -0.39 is 5.97 Å². The van der Waals surface area contributed by atoms with Crippen molar-refractivity contribution in [3.05, 3.63) is 42.0 Å². The van der Waals surface area contributed by atoms with E-state index in [0.717, 1.165) is 22.3 Å². The van der Waals surface area contributed by atoms with Crippen LogP contribution in [-0.4, -0.2) is 29.2 Å². The highest BCUT2D eigenvalue weighted by molar-refractivity contribution is 7.99. The molecule has 0 unspecified atom stereocenters. The number of ether oxygens (including phenoxy) is 1. The van der Waals surface area contributed by atoms with E-state index in [0.29, 0.717) is 12.4 Å². The van der Waals surface area contributed by atoms with Gasteiger partial charge in [0.1, 0.15) is 11.3 Å². The first-order valence-corrected chi connectivity index (χ1v) is 7.35. The summed E-state index contributed by atoms with van der Waals surface area (Å²) in [4.78, 5) is 11.4. The average Bonchev–Trinajstić information content (AvgIpc) is 2.42. The first kappa shape index (κ1) is 13.7. The van der Waals surface area contributed by atoms with Crippen molar-refractivity contribution in [2.45, 2.75) is 6.92 Å². The molecule has 0 heterocycles. The third kappa shape index (κ3) is 3.20. The quantitative estimate of drug-likeness (QED) is 0.818. The number of thioether (sulfide) groups is 1. The van der Waals surface area contributed by atoms with Crippen LogP contribution in [0.2, 0.25) is 0 Å². The molecule has 0 radical (unpaired) electrons. The van der Waals surface area contributed by atoms with E-state index in [4.69, 9.17) is 4.74 Å². The fourth-order valence-electron chi connectivity index (χ4n) is 1.95. The van der Waals surface area contributed by atoms with Gasteiger partial charge in [0.2, 0.25) is 0 Å². The minimum atomic E-state index is -0.949. The van der Waals surface area contributed by atoms with E-state index in [1.54, 1.807) is 17.8 Å². The maximum absolute atomic E-state index is 11.4. The molecule has 0 saturated carbocycles. The Morgan fingerprint density at radius 2 is 2.05 bits per heavy atom. The SMILES string of the molecule is CCSCCOc1ccc2ccccc2c1C(=O)O. The van der Waals surface area contributed by atoms with Crippen molar-refractivity contribution >= 4 is 28.5 Å². The normalized spacial score (nSPS) is 10.6. The molecule has 1 N–H and O–H groups in total. The number of aromatic carboxylic acids is 1. The Kier molecular flexibility index (Phi) is 4.68. The molecule has 100 valence electrons. The van der Waals surface area contributed by atoms with E-state index in [9.17, 15) is 9.90 Å². The number of benzene rings is 2. The molecule has 0 aromatic heterocycles. The highest BCUT2D eigenvalue weighted by Gasteiger charge is 2.15. The molecule has 0 saturated heterocycles. The molecule has 4 heteroatoms. The predicted octanol–water partition coefficient (Wildman–Crippen LogP) is 3.67. The third-order valence-corrected chi connectivity index (χ3v) is 3.66. The molecule has 3 nitrogen and oxygen atoms in total. The third-order valence-electron chi connectivity index (χ3n) is 2.79. The fraction of sp³-hybridized carbons (Fsp3) is 0.267. The molecule has 2 rings (SSSR count). The summed E-state index contributed by atoms with van der Waals surface area (Å²) >= 11 is 1.77. The molecule has 0 aliphatic carbocycles. The van der Waals surface area contributed by atoms with Gasteiger partial charge in [0.15, 0.2) is 0 Å². The first-order valence-electron chi connectivity index (χ1n) is 6.19. The van der Waals surface area contributed by atoms with Gasteiger partial charge >= 0.3 is 5.97 Å². The number of hydrogen-bond acceptors (Lipinski definition) is 3. The standard InChI is InChI=1S/C15H16O3S/c1-2-19-10-9-18-13-8-7-11-5-3-4-6-12(11)14(13)15(16)17/h3-8H,2,9-10H2,1H3,(H,16,17). The molecule has 0 bridgehead atoms. The van der Waals surface area contributed by atoms with Crippen LogP contribution in [-0.2, 0) is 0 Å². The Balaban J connectivity index is 2.32. The first-order chi connectivity index (χ1) is 9.24. The van der Waals surface area contributed by atoms with Crippen molar-refractivity contribution in [1.29, 1.82) is 0 Å². The lowest BCUT2D eigenvalue weighted by Crippen LogP contribution is -2.06. The molecular weight excluding hydrogens is 260 g/mol. The number of carboxylic acids is 1. The smallest absolute Gasteiger partial charge is 0.340 e. The van der Waals surface area contributed by atoms with E-state index in [-0.39, 0.29) is 5.56 Å². The van der Waals surface area contributed by atoms with E-state index in [1.807, 2.05) is 30.3 Å². The largest absolute Gasteiger partial charge is 0.492 e. The molecule has 0 amide bonds. The summed E-state index contributed by atoms with van der Waals surface area (Å²) in [5, 5.41) is 11.0. The Morgan fingerprint density at radius 1 is 1.26 bits per heavy atom. The average molecular weight is 276 g/mol. The van der Waals surface area contributed by atoms with Gasteiger partial charge in [-0.25, -0.2) is 4.79 Å². The Morgan fingerprint density at radius 3 is 2.79 bits per heavy atom. The van der Waals surface area contributed by atoms with Crippen LogP contribution in [0.15, 0.2) is 36.4 Å². The van der Waals surface area contributed by atoms with Crippen LogP contribution in [0.5, 0.6) is 5.75 Å². The minimum Gasteiger partial charge on any atom is -0.492 e. The second-order valence-corrected chi connectivity index (χ2v) is 5.40. The minimum absolute atomic E-state index is 0.250. The van der Waals surface area contributed by atoms with Gasteiger partial charge < -0.3 is 9.84 Å². The van der Waals surface area contributed by atoms with Crippen molar-refractivity contribution in [1.82, 2.24) is 0 Å². The van der Waals surface area contributed by atoms with E-state index in [1.165, 1.54) is 0 Å². The van der Waals surface area contributed by atoms with E-state index >= 15 is 0 Å². The maximum Gasteiger partial charge on any atom is 0.340 e. The van der Waals surface area contributed by atoms with Gasteiger partial charge in [-0.15, -0.1) is 0 Å². The second-order valence-electron chi connectivity index (χ2n) is 4.01. The van der Waals surface area contributed by atoms with Crippen LogP contribution < -0.4 is 4.74 Å². The number of carbonyl (C=O) groups is 1. The van der Waals surface area contributed by atoms with Crippen LogP contribution in [0.25, 0.3) is 10.8 Å². The molecule has 0 aliphatic rings. The summed E-state index contributed by atoms with van der Waals surface area (Å²) in [7, 11) is 0. The van der Waals surface area contributed by atoms with Crippen molar-refractivity contribution in [2.24, 2.45) is 0 Å².